The van der Waals surface area contributed by atoms with Gasteiger partial charge < -0.3 is 10.7 Å². The van der Waals surface area contributed by atoms with Gasteiger partial charge in [0.15, 0.2) is 0 Å². The Morgan fingerprint density at radius 3 is 2.00 bits per heavy atom. The number of rotatable bonds is 2. The highest BCUT2D eigenvalue weighted by Crippen LogP contribution is 2.10. The van der Waals surface area contributed by atoms with Crippen LogP contribution in [0, 0.1) is 5.41 Å². The van der Waals surface area contributed by atoms with Crippen molar-refractivity contribution in [3.63, 3.8) is 0 Å². The average molecular weight is 238 g/mol. The summed E-state index contributed by atoms with van der Waals surface area (Å²) in [7, 11) is 1.86. The summed E-state index contributed by atoms with van der Waals surface area (Å²) in [5.41, 5.74) is 1.67. The molecule has 0 spiro atoms. The van der Waals surface area contributed by atoms with Gasteiger partial charge in [0, 0.05) is 18.5 Å². The molecule has 0 fully saturated rings. The predicted molar refractivity (Wildman–Crippen MR) is 49.2 cm³/mol. The minimum absolute atomic E-state index is 0.613. The summed E-state index contributed by atoms with van der Waals surface area (Å²) >= 11 is 2.15. The van der Waals surface area contributed by atoms with E-state index >= 15 is 0 Å². The van der Waals surface area contributed by atoms with Gasteiger partial charge >= 0.3 is 0 Å². The first-order chi connectivity index (χ1) is 4.09. The topological polar surface area (TPSA) is 35.9 Å². The molecule has 52 valence electrons. The lowest BCUT2D eigenvalue weighted by atomic mass is 10.3. The second kappa shape index (κ2) is 3.87. The molecule has 0 bridgehead atoms. The Balaban J connectivity index is 4.28. The van der Waals surface area contributed by atoms with Gasteiger partial charge in [-0.05, 0) is 36.4 Å². The number of nitrogens with one attached hydrogen (secondary N) is 2. The Morgan fingerprint density at radius 1 is 1.44 bits per heavy atom. The standard InChI is InChI=1S/C6H11IN2/c1-4(8)6(7)5(2)9-3/h8-9H,1-3H3/b6-5+,8-4?. The van der Waals surface area contributed by atoms with Crippen LogP contribution in [0.3, 0.4) is 0 Å². The molecule has 0 aromatic carbocycles. The highest BCUT2D eigenvalue weighted by atomic mass is 127. The van der Waals surface area contributed by atoms with E-state index in [1.807, 2.05) is 14.0 Å². The van der Waals surface area contributed by atoms with Crippen LogP contribution in [0.5, 0.6) is 0 Å². The van der Waals surface area contributed by atoms with Crippen molar-refractivity contribution in [1.29, 1.82) is 5.41 Å². The van der Waals surface area contributed by atoms with Crippen LogP contribution < -0.4 is 5.32 Å². The molecule has 0 aliphatic rings. The van der Waals surface area contributed by atoms with Crippen molar-refractivity contribution in [2.24, 2.45) is 0 Å². The van der Waals surface area contributed by atoms with E-state index in [2.05, 4.69) is 27.9 Å². The molecule has 0 aromatic heterocycles. The Morgan fingerprint density at radius 2 is 1.89 bits per heavy atom. The smallest absolute Gasteiger partial charge is 0.0521 e. The van der Waals surface area contributed by atoms with Crippen molar-refractivity contribution in [2.75, 3.05) is 7.05 Å². The summed E-state index contributed by atoms with van der Waals surface area (Å²) in [6.45, 7) is 3.74. The molecule has 0 unspecified atom stereocenters. The maximum Gasteiger partial charge on any atom is 0.0521 e. The van der Waals surface area contributed by atoms with E-state index in [9.17, 15) is 0 Å². The third-order valence-corrected chi connectivity index (χ3v) is 2.65. The molecule has 0 aromatic rings. The molecule has 2 nitrogen and oxygen atoms in total. The van der Waals surface area contributed by atoms with E-state index in [-0.39, 0.29) is 0 Å². The molecular weight excluding hydrogens is 227 g/mol. The zero-order valence-corrected chi connectivity index (χ0v) is 8.04. The first kappa shape index (κ1) is 8.94. The second-order valence-corrected chi connectivity index (χ2v) is 2.89. The number of hydrogen-bond acceptors (Lipinski definition) is 2. The molecule has 0 radical (unpaired) electrons. The van der Waals surface area contributed by atoms with Gasteiger partial charge in [0.25, 0.3) is 0 Å². The van der Waals surface area contributed by atoms with Gasteiger partial charge in [-0.2, -0.15) is 0 Å². The van der Waals surface area contributed by atoms with Crippen LogP contribution >= 0.6 is 22.6 Å². The molecule has 0 amide bonds. The highest BCUT2D eigenvalue weighted by Gasteiger charge is 1.96. The lowest BCUT2D eigenvalue weighted by Crippen LogP contribution is -2.06. The first-order valence-corrected chi connectivity index (χ1v) is 3.77. The van der Waals surface area contributed by atoms with Gasteiger partial charge in [0.2, 0.25) is 0 Å². The minimum atomic E-state index is 0.613. The van der Waals surface area contributed by atoms with Crippen LogP contribution in [0.15, 0.2) is 9.28 Å². The summed E-state index contributed by atoms with van der Waals surface area (Å²) in [5.74, 6) is 0. The fourth-order valence-electron chi connectivity index (χ4n) is 0.391. The zero-order valence-electron chi connectivity index (χ0n) is 5.88. The van der Waals surface area contributed by atoms with E-state index in [1.165, 1.54) is 0 Å². The molecular formula is C6H11IN2. The minimum Gasteiger partial charge on any atom is -0.391 e. The highest BCUT2D eigenvalue weighted by molar-refractivity contribution is 14.1. The van der Waals surface area contributed by atoms with Crippen molar-refractivity contribution in [1.82, 2.24) is 5.32 Å². The maximum absolute atomic E-state index is 7.23. The van der Waals surface area contributed by atoms with Crippen LogP contribution in [-0.2, 0) is 0 Å². The SMILES string of the molecule is CN/C(C)=C(/I)C(C)=N. The molecule has 0 atom stereocenters. The summed E-state index contributed by atoms with van der Waals surface area (Å²) in [6, 6.07) is 0. The first-order valence-electron chi connectivity index (χ1n) is 2.69. The van der Waals surface area contributed by atoms with Gasteiger partial charge in [-0.25, -0.2) is 0 Å². The number of halogens is 1. The summed E-state index contributed by atoms with van der Waals surface area (Å²) in [5, 5.41) is 10.2. The molecule has 0 saturated heterocycles. The third-order valence-electron chi connectivity index (χ3n) is 1.03. The Labute approximate surface area is 69.4 Å². The average Bonchev–Trinajstić information content (AvgIpc) is 1.84. The molecule has 2 N–H and O–H groups in total. The predicted octanol–water partition coefficient (Wildman–Crippen LogP) is 1.91. The van der Waals surface area contributed by atoms with Crippen LogP contribution in [0.2, 0.25) is 0 Å². The number of hydrogen-bond donors (Lipinski definition) is 2. The van der Waals surface area contributed by atoms with Crippen molar-refractivity contribution >= 4 is 28.3 Å². The van der Waals surface area contributed by atoms with Gasteiger partial charge in [-0.1, -0.05) is 0 Å². The van der Waals surface area contributed by atoms with E-state index in [1.54, 1.807) is 6.92 Å². The van der Waals surface area contributed by atoms with E-state index < -0.39 is 0 Å². The van der Waals surface area contributed by atoms with Crippen molar-refractivity contribution in [3.8, 4) is 0 Å². The van der Waals surface area contributed by atoms with E-state index in [4.69, 9.17) is 5.41 Å². The Kier molecular flexibility index (Phi) is 3.84. The largest absolute Gasteiger partial charge is 0.391 e. The summed E-state index contributed by atoms with van der Waals surface area (Å²) < 4.78 is 0.995. The summed E-state index contributed by atoms with van der Waals surface area (Å²) in [4.78, 5) is 0. The lowest BCUT2D eigenvalue weighted by Gasteiger charge is -2.01. The molecule has 0 heterocycles. The van der Waals surface area contributed by atoms with Crippen molar-refractivity contribution < 1.29 is 0 Å². The van der Waals surface area contributed by atoms with Crippen molar-refractivity contribution in [2.45, 2.75) is 13.8 Å². The monoisotopic (exact) mass is 238 g/mol. The second-order valence-electron chi connectivity index (χ2n) is 1.81. The van der Waals surface area contributed by atoms with Gasteiger partial charge in [0.05, 0.1) is 3.58 Å². The van der Waals surface area contributed by atoms with Gasteiger partial charge in [0.1, 0.15) is 0 Å². The third kappa shape index (κ3) is 2.84. The quantitative estimate of drug-likeness (QED) is 0.559. The normalized spacial score (nSPS) is 12.4. The molecule has 0 rings (SSSR count). The van der Waals surface area contributed by atoms with Crippen LogP contribution in [0.1, 0.15) is 13.8 Å². The Hall–Kier alpha value is -0.0600. The Bertz CT molecular complexity index is 149. The van der Waals surface area contributed by atoms with E-state index in [0.29, 0.717) is 5.71 Å². The van der Waals surface area contributed by atoms with Crippen molar-refractivity contribution in [3.05, 3.63) is 9.28 Å². The lowest BCUT2D eigenvalue weighted by molar-refractivity contribution is 0.990. The molecule has 0 aliphatic carbocycles. The molecule has 0 saturated carbocycles. The fraction of sp³-hybridized carbons (Fsp3) is 0.500. The van der Waals surface area contributed by atoms with E-state index in [0.717, 1.165) is 9.28 Å². The number of allylic oxidation sites excluding steroid dienone is 2. The van der Waals surface area contributed by atoms with Gasteiger partial charge in [-0.15, -0.1) is 0 Å². The fourth-order valence-corrected chi connectivity index (χ4v) is 0.661. The van der Waals surface area contributed by atoms with Crippen LogP contribution in [0.25, 0.3) is 0 Å². The van der Waals surface area contributed by atoms with Crippen LogP contribution in [0.4, 0.5) is 0 Å². The summed E-state index contributed by atoms with van der Waals surface area (Å²) in [6.07, 6.45) is 0. The molecule has 0 aliphatic heterocycles. The zero-order chi connectivity index (χ0) is 7.44. The van der Waals surface area contributed by atoms with Gasteiger partial charge in [-0.3, -0.25) is 0 Å². The maximum atomic E-state index is 7.23. The molecule has 3 heteroatoms. The molecule has 9 heavy (non-hydrogen) atoms. The van der Waals surface area contributed by atoms with Crippen LogP contribution in [-0.4, -0.2) is 12.8 Å².